The molecule has 1 aromatic carbocycles. The van der Waals surface area contributed by atoms with Gasteiger partial charge >= 0.3 is 0 Å². The first kappa shape index (κ1) is 22.8. The van der Waals surface area contributed by atoms with Gasteiger partial charge < -0.3 is 19.7 Å². The van der Waals surface area contributed by atoms with Crippen molar-refractivity contribution < 1.29 is 9.47 Å². The summed E-state index contributed by atoms with van der Waals surface area (Å²) in [4.78, 5) is 9.76. The average Bonchev–Trinajstić information content (AvgIpc) is 3.37. The topological polar surface area (TPSA) is 49.3 Å². The number of hydrogen-bond donors (Lipinski definition) is 1. The summed E-state index contributed by atoms with van der Waals surface area (Å²) >= 11 is 0. The van der Waals surface area contributed by atoms with Crippen LogP contribution >= 0.6 is 24.0 Å². The van der Waals surface area contributed by atoms with Crippen LogP contribution in [0, 0.1) is 0 Å². The van der Waals surface area contributed by atoms with Gasteiger partial charge in [0.05, 0.1) is 13.7 Å². The second-order valence-corrected chi connectivity index (χ2v) is 7.11. The Morgan fingerprint density at radius 3 is 2.54 bits per heavy atom. The number of methoxy groups -OCH3 is 1. The van der Waals surface area contributed by atoms with Gasteiger partial charge in [-0.15, -0.1) is 24.0 Å². The summed E-state index contributed by atoms with van der Waals surface area (Å²) in [6.07, 6.45) is 5.73. The lowest BCUT2D eigenvalue weighted by Gasteiger charge is -2.25. The number of rotatable bonds is 7. The van der Waals surface area contributed by atoms with Gasteiger partial charge in [0, 0.05) is 38.8 Å². The summed E-state index contributed by atoms with van der Waals surface area (Å²) in [5.74, 6) is 2.67. The summed E-state index contributed by atoms with van der Waals surface area (Å²) in [6, 6.07) is 8.30. The van der Waals surface area contributed by atoms with Crippen molar-refractivity contribution in [3.05, 3.63) is 36.4 Å². The van der Waals surface area contributed by atoms with Crippen LogP contribution in [0.1, 0.15) is 20.3 Å². The number of hydrogen-bond acceptors (Lipinski definition) is 4. The predicted octanol–water partition coefficient (Wildman–Crippen LogP) is 2.99. The third kappa shape index (κ3) is 6.27. The van der Waals surface area contributed by atoms with Crippen LogP contribution in [0.3, 0.4) is 0 Å². The van der Waals surface area contributed by atoms with Gasteiger partial charge in [-0.3, -0.25) is 4.90 Å². The van der Waals surface area contributed by atoms with E-state index in [1.165, 1.54) is 6.42 Å². The fourth-order valence-corrected chi connectivity index (χ4v) is 3.59. The Labute approximate surface area is 186 Å². The molecule has 0 aliphatic carbocycles. The zero-order valence-corrected chi connectivity index (χ0v) is 19.5. The number of ether oxygens (including phenoxy) is 2. The molecule has 0 radical (unpaired) electrons. The number of aliphatic imine (C=N–C) groups is 1. The third-order valence-corrected chi connectivity index (χ3v) is 5.06. The number of guanidine groups is 1. The number of halogens is 1. The molecule has 2 heterocycles. The van der Waals surface area contributed by atoms with E-state index < -0.39 is 0 Å². The van der Waals surface area contributed by atoms with Crippen molar-refractivity contribution in [1.82, 2.24) is 15.1 Å². The van der Waals surface area contributed by atoms with Crippen LogP contribution in [-0.2, 0) is 0 Å². The highest BCUT2D eigenvalue weighted by atomic mass is 127. The van der Waals surface area contributed by atoms with E-state index in [9.17, 15) is 0 Å². The van der Waals surface area contributed by atoms with Crippen molar-refractivity contribution in [2.24, 2.45) is 4.99 Å². The molecule has 7 heteroatoms. The van der Waals surface area contributed by atoms with Crippen molar-refractivity contribution in [2.75, 3.05) is 46.4 Å². The number of nitrogens with one attached hydrogen (secondary N) is 1. The molecule has 28 heavy (non-hydrogen) atoms. The molecule has 2 aliphatic rings. The lowest BCUT2D eigenvalue weighted by Crippen LogP contribution is -2.43. The van der Waals surface area contributed by atoms with Crippen LogP contribution in [-0.4, -0.2) is 74.3 Å². The van der Waals surface area contributed by atoms with Crippen LogP contribution < -0.4 is 14.8 Å². The number of benzene rings is 1. The minimum atomic E-state index is 0. The average molecular weight is 500 g/mol. The molecule has 0 aromatic heterocycles. The molecule has 2 atom stereocenters. The van der Waals surface area contributed by atoms with Gasteiger partial charge in [0.25, 0.3) is 0 Å². The molecular formula is C21H33IN4O2. The highest BCUT2D eigenvalue weighted by molar-refractivity contribution is 14.0. The molecule has 1 aromatic rings. The molecule has 0 bridgehead atoms. The van der Waals surface area contributed by atoms with Crippen molar-refractivity contribution in [3.63, 3.8) is 0 Å². The van der Waals surface area contributed by atoms with E-state index in [1.807, 2.05) is 24.3 Å². The lowest BCUT2D eigenvalue weighted by atomic mass is 10.2. The Kier molecular flexibility index (Phi) is 9.37. The Morgan fingerprint density at radius 1 is 1.21 bits per heavy atom. The van der Waals surface area contributed by atoms with Gasteiger partial charge in [-0.1, -0.05) is 12.2 Å². The fraction of sp³-hybridized carbons (Fsp3) is 0.571. The van der Waals surface area contributed by atoms with E-state index in [4.69, 9.17) is 14.5 Å². The molecular weight excluding hydrogens is 467 g/mol. The van der Waals surface area contributed by atoms with E-state index in [1.54, 1.807) is 7.11 Å². The maximum Gasteiger partial charge on any atom is 0.194 e. The first-order chi connectivity index (χ1) is 13.2. The largest absolute Gasteiger partial charge is 0.497 e. The van der Waals surface area contributed by atoms with Crippen LogP contribution in [0.2, 0.25) is 0 Å². The van der Waals surface area contributed by atoms with E-state index in [2.05, 4.69) is 41.1 Å². The molecule has 1 fully saturated rings. The summed E-state index contributed by atoms with van der Waals surface area (Å²) in [7, 11) is 1.67. The van der Waals surface area contributed by atoms with Gasteiger partial charge in [0.1, 0.15) is 17.6 Å². The summed E-state index contributed by atoms with van der Waals surface area (Å²) < 4.78 is 11.2. The van der Waals surface area contributed by atoms with E-state index in [0.29, 0.717) is 12.6 Å². The van der Waals surface area contributed by atoms with E-state index in [0.717, 1.165) is 50.2 Å². The fourth-order valence-electron chi connectivity index (χ4n) is 3.59. The monoisotopic (exact) mass is 500 g/mol. The van der Waals surface area contributed by atoms with E-state index in [-0.39, 0.29) is 30.1 Å². The minimum absolute atomic E-state index is 0. The van der Waals surface area contributed by atoms with Gasteiger partial charge in [0.15, 0.2) is 5.96 Å². The molecule has 3 rings (SSSR count). The van der Waals surface area contributed by atoms with Gasteiger partial charge in [0.2, 0.25) is 0 Å². The van der Waals surface area contributed by atoms with Crippen molar-refractivity contribution in [3.8, 4) is 11.5 Å². The zero-order chi connectivity index (χ0) is 19.1. The van der Waals surface area contributed by atoms with Crippen molar-refractivity contribution in [1.29, 1.82) is 0 Å². The first-order valence-electron chi connectivity index (χ1n) is 9.92. The normalized spacial score (nSPS) is 20.8. The maximum atomic E-state index is 5.98. The molecule has 1 saturated heterocycles. The summed E-state index contributed by atoms with van der Waals surface area (Å²) in [5.41, 5.74) is 0. The van der Waals surface area contributed by atoms with Gasteiger partial charge in [-0.05, 0) is 44.5 Å². The van der Waals surface area contributed by atoms with Crippen molar-refractivity contribution >= 4 is 29.9 Å². The van der Waals surface area contributed by atoms with Gasteiger partial charge in [-0.25, -0.2) is 4.99 Å². The molecule has 0 amide bonds. The first-order valence-corrected chi connectivity index (χ1v) is 9.92. The zero-order valence-electron chi connectivity index (χ0n) is 17.1. The molecule has 2 aliphatic heterocycles. The third-order valence-electron chi connectivity index (χ3n) is 5.06. The molecule has 2 unspecified atom stereocenters. The Bertz CT molecular complexity index is 642. The molecule has 0 spiro atoms. The lowest BCUT2D eigenvalue weighted by molar-refractivity contribution is 0.229. The molecule has 156 valence electrons. The Morgan fingerprint density at radius 2 is 1.89 bits per heavy atom. The predicted molar refractivity (Wildman–Crippen MR) is 125 cm³/mol. The number of nitrogens with zero attached hydrogens (tertiary/aromatic N) is 3. The number of likely N-dealkylation sites (tertiary alicyclic amines) is 1. The quantitative estimate of drug-likeness (QED) is 0.270. The van der Waals surface area contributed by atoms with Crippen molar-refractivity contribution in [2.45, 2.75) is 32.4 Å². The smallest absolute Gasteiger partial charge is 0.194 e. The van der Waals surface area contributed by atoms with Crippen LogP contribution in [0.5, 0.6) is 11.5 Å². The van der Waals surface area contributed by atoms with Crippen LogP contribution in [0.15, 0.2) is 41.4 Å². The summed E-state index contributed by atoms with van der Waals surface area (Å²) in [5, 5.41) is 3.44. The SMILES string of the molecule is CCNC(=NCC(C)Oc1ccc(OC)cc1)N1CCC(N2CC=CC2)C1.I. The van der Waals surface area contributed by atoms with E-state index >= 15 is 0 Å². The Balaban J connectivity index is 0.00000280. The standard InChI is InChI=1S/C21H32N4O2.HI/c1-4-22-21(25-14-11-18(16-25)24-12-5-6-13-24)23-15-17(2)27-20-9-7-19(26-3)8-10-20;/h5-10,17-18H,4,11-16H2,1-3H3,(H,22,23);1H. The molecule has 0 saturated carbocycles. The maximum absolute atomic E-state index is 5.98. The Hall–Kier alpha value is -1.48. The van der Waals surface area contributed by atoms with Crippen LogP contribution in [0.25, 0.3) is 0 Å². The second-order valence-electron chi connectivity index (χ2n) is 7.11. The molecule has 6 nitrogen and oxygen atoms in total. The summed E-state index contributed by atoms with van der Waals surface area (Å²) in [6.45, 7) is 9.93. The highest BCUT2D eigenvalue weighted by Crippen LogP contribution is 2.19. The van der Waals surface area contributed by atoms with Crippen LogP contribution in [0.4, 0.5) is 0 Å². The highest BCUT2D eigenvalue weighted by Gasteiger charge is 2.29. The van der Waals surface area contributed by atoms with Gasteiger partial charge in [-0.2, -0.15) is 0 Å². The second kappa shape index (κ2) is 11.5. The molecule has 1 N–H and O–H groups in total. The minimum Gasteiger partial charge on any atom is -0.497 e.